The summed E-state index contributed by atoms with van der Waals surface area (Å²) in [5.74, 6) is 0. The van der Waals surface area contributed by atoms with Crippen molar-refractivity contribution in [2.75, 3.05) is 6.26 Å². The highest BCUT2D eigenvalue weighted by molar-refractivity contribution is 8.13. The van der Waals surface area contributed by atoms with Crippen LogP contribution in [-0.2, 0) is 19.7 Å². The third-order valence-corrected chi connectivity index (χ3v) is 4.65. The van der Waals surface area contributed by atoms with Gasteiger partial charge in [-0.15, -0.1) is 0 Å². The highest BCUT2D eigenvalue weighted by Gasteiger charge is 2.21. The van der Waals surface area contributed by atoms with E-state index in [-0.39, 0.29) is 6.61 Å². The zero-order valence-corrected chi connectivity index (χ0v) is 13.9. The second kappa shape index (κ2) is 6.73. The topological polar surface area (TPSA) is 35.8 Å². The third kappa shape index (κ3) is 3.29. The summed E-state index contributed by atoms with van der Waals surface area (Å²) in [6.07, 6.45) is 2.04. The fraction of sp³-hybridized carbons (Fsp3) is 0.235. The Morgan fingerprint density at radius 2 is 1.91 bits per heavy atom. The van der Waals surface area contributed by atoms with Gasteiger partial charge in [0.2, 0.25) is 0 Å². The fourth-order valence-electron chi connectivity index (χ4n) is 2.55. The molecule has 0 bridgehead atoms. The molecule has 5 heteroatoms. The number of aliphatic hydroxyl groups excluding tert-OH is 1. The van der Waals surface area contributed by atoms with Crippen LogP contribution in [0.5, 0.6) is 0 Å². The van der Waals surface area contributed by atoms with Gasteiger partial charge in [-0.05, 0) is 47.2 Å². The van der Waals surface area contributed by atoms with Crippen LogP contribution in [0.1, 0.15) is 16.7 Å². The molecule has 1 aliphatic rings. The summed E-state index contributed by atoms with van der Waals surface area (Å²) in [7, 11) is 0. The minimum Gasteiger partial charge on any atom is -0.392 e. The molecule has 3 rings (SSSR count). The van der Waals surface area contributed by atoms with Gasteiger partial charge in [-0.3, -0.25) is 0 Å². The Morgan fingerprint density at radius 3 is 2.59 bits per heavy atom. The molecule has 1 aliphatic heterocycles. The fourth-order valence-corrected chi connectivity index (χ4v) is 3.26. The molecule has 1 heterocycles. The van der Waals surface area contributed by atoms with Gasteiger partial charge in [0, 0.05) is 18.1 Å². The van der Waals surface area contributed by atoms with Crippen LogP contribution in [0.4, 0.5) is 5.69 Å². The Morgan fingerprint density at radius 1 is 1.18 bits per heavy atom. The van der Waals surface area contributed by atoms with Crippen molar-refractivity contribution in [3.05, 3.63) is 64.2 Å². The molecular formula is C17H17ClN2OS. The maximum Gasteiger partial charge on any atom is 0.164 e. The summed E-state index contributed by atoms with van der Waals surface area (Å²) in [6.45, 7) is 1.77. The number of nitrogens with zero attached hydrogens (tertiary/aromatic N) is 2. The van der Waals surface area contributed by atoms with E-state index in [0.29, 0.717) is 0 Å². The van der Waals surface area contributed by atoms with E-state index >= 15 is 0 Å². The minimum absolute atomic E-state index is 0.0849. The number of aliphatic imine (C=N–C) groups is 1. The number of hydrogen-bond donors (Lipinski definition) is 1. The Bertz CT molecular complexity index is 700. The second-order valence-corrected chi connectivity index (χ2v) is 6.40. The number of amidine groups is 1. The van der Waals surface area contributed by atoms with Crippen molar-refractivity contribution in [3.63, 3.8) is 0 Å². The van der Waals surface area contributed by atoms with E-state index in [9.17, 15) is 5.11 Å². The summed E-state index contributed by atoms with van der Waals surface area (Å²) in [5, 5.41) is 11.0. The quantitative estimate of drug-likeness (QED) is 0.661. The Kier molecular flexibility index (Phi) is 4.71. The molecule has 22 heavy (non-hydrogen) atoms. The van der Waals surface area contributed by atoms with Crippen LogP contribution in [0, 0.1) is 0 Å². The highest BCUT2D eigenvalue weighted by Crippen LogP contribution is 2.28. The van der Waals surface area contributed by atoms with Crippen molar-refractivity contribution in [1.29, 1.82) is 0 Å². The summed E-state index contributed by atoms with van der Waals surface area (Å²) in [4.78, 5) is 6.98. The zero-order chi connectivity index (χ0) is 15.5. The molecule has 0 unspecified atom stereocenters. The summed E-state index contributed by atoms with van der Waals surface area (Å²) < 4.78 is 0. The van der Waals surface area contributed by atoms with Crippen LogP contribution < -0.4 is 0 Å². The molecular weight excluding hydrogens is 316 g/mol. The van der Waals surface area contributed by atoms with E-state index in [4.69, 9.17) is 16.6 Å². The van der Waals surface area contributed by atoms with Crippen molar-refractivity contribution in [1.82, 2.24) is 4.90 Å². The first kappa shape index (κ1) is 15.4. The largest absolute Gasteiger partial charge is 0.392 e. The molecule has 0 spiro atoms. The van der Waals surface area contributed by atoms with E-state index < -0.39 is 0 Å². The monoisotopic (exact) mass is 332 g/mol. The number of benzene rings is 2. The Hall–Kier alpha value is -1.49. The van der Waals surface area contributed by atoms with Crippen LogP contribution in [0.25, 0.3) is 0 Å². The maximum atomic E-state index is 9.26. The van der Waals surface area contributed by atoms with Crippen LogP contribution in [0.2, 0.25) is 5.02 Å². The molecule has 0 fully saturated rings. The van der Waals surface area contributed by atoms with Crippen LogP contribution in [-0.4, -0.2) is 21.4 Å². The third-order valence-electron chi connectivity index (χ3n) is 3.68. The van der Waals surface area contributed by atoms with E-state index in [1.165, 1.54) is 11.1 Å². The molecule has 1 N–H and O–H groups in total. The first-order chi connectivity index (χ1) is 10.7. The smallest absolute Gasteiger partial charge is 0.164 e. The SMILES string of the molecule is CS/C(=N/c1ccc(Cl)cc1)N1Cc2ccc(CO)cc2C1. The number of hydrogen-bond acceptors (Lipinski definition) is 3. The van der Waals surface area contributed by atoms with Crippen molar-refractivity contribution in [2.24, 2.45) is 4.99 Å². The molecule has 0 saturated carbocycles. The summed E-state index contributed by atoms with van der Waals surface area (Å²) in [6, 6.07) is 13.7. The average molecular weight is 333 g/mol. The lowest BCUT2D eigenvalue weighted by Crippen LogP contribution is -2.22. The van der Waals surface area contributed by atoms with Crippen molar-refractivity contribution in [2.45, 2.75) is 19.7 Å². The second-order valence-electron chi connectivity index (χ2n) is 5.19. The van der Waals surface area contributed by atoms with Gasteiger partial charge >= 0.3 is 0 Å². The van der Waals surface area contributed by atoms with Gasteiger partial charge in [-0.25, -0.2) is 4.99 Å². The van der Waals surface area contributed by atoms with Gasteiger partial charge in [-0.1, -0.05) is 41.6 Å². The average Bonchev–Trinajstić information content (AvgIpc) is 2.97. The van der Waals surface area contributed by atoms with Gasteiger partial charge in [0.25, 0.3) is 0 Å². The predicted molar refractivity (Wildman–Crippen MR) is 93.7 cm³/mol. The molecule has 0 atom stereocenters. The van der Waals surface area contributed by atoms with Crippen LogP contribution in [0.15, 0.2) is 47.5 Å². The minimum atomic E-state index is 0.0849. The molecule has 3 nitrogen and oxygen atoms in total. The van der Waals surface area contributed by atoms with Gasteiger partial charge in [0.05, 0.1) is 12.3 Å². The molecule has 114 valence electrons. The molecule has 0 aromatic heterocycles. The van der Waals surface area contributed by atoms with Gasteiger partial charge in [0.15, 0.2) is 5.17 Å². The molecule has 2 aromatic carbocycles. The standard InChI is InChI=1S/C17H17ClN2OS/c1-22-17(19-16-6-4-15(18)5-7-16)20-9-13-3-2-12(11-21)8-14(13)10-20/h2-8,21H,9-11H2,1H3/b19-17+. The number of fused-ring (bicyclic) bond motifs is 1. The molecule has 0 amide bonds. The zero-order valence-electron chi connectivity index (χ0n) is 12.3. The summed E-state index contributed by atoms with van der Waals surface area (Å²) >= 11 is 7.55. The van der Waals surface area contributed by atoms with E-state index in [2.05, 4.69) is 17.0 Å². The van der Waals surface area contributed by atoms with Crippen molar-refractivity contribution in [3.8, 4) is 0 Å². The van der Waals surface area contributed by atoms with Gasteiger partial charge in [0.1, 0.15) is 0 Å². The molecule has 0 aliphatic carbocycles. The lowest BCUT2D eigenvalue weighted by molar-refractivity contribution is 0.281. The van der Waals surface area contributed by atoms with Crippen LogP contribution >= 0.6 is 23.4 Å². The van der Waals surface area contributed by atoms with E-state index in [1.807, 2.05) is 36.6 Å². The predicted octanol–water partition coefficient (Wildman–Crippen LogP) is 4.20. The van der Waals surface area contributed by atoms with Crippen molar-refractivity contribution < 1.29 is 5.11 Å². The van der Waals surface area contributed by atoms with Crippen LogP contribution in [0.3, 0.4) is 0 Å². The number of aliphatic hydroxyl groups is 1. The number of rotatable bonds is 2. The van der Waals surface area contributed by atoms with Gasteiger partial charge < -0.3 is 10.0 Å². The van der Waals surface area contributed by atoms with E-state index in [0.717, 1.165) is 34.5 Å². The highest BCUT2D eigenvalue weighted by atomic mass is 35.5. The molecule has 0 radical (unpaired) electrons. The van der Waals surface area contributed by atoms with Crippen molar-refractivity contribution >= 4 is 34.2 Å². The maximum absolute atomic E-state index is 9.26. The lowest BCUT2D eigenvalue weighted by atomic mass is 10.1. The Labute approximate surface area is 139 Å². The first-order valence-electron chi connectivity index (χ1n) is 7.04. The number of halogens is 1. The Balaban J connectivity index is 1.82. The first-order valence-corrected chi connectivity index (χ1v) is 8.64. The van der Waals surface area contributed by atoms with Gasteiger partial charge in [-0.2, -0.15) is 0 Å². The normalized spacial score (nSPS) is 14.3. The molecule has 0 saturated heterocycles. The summed E-state index contributed by atoms with van der Waals surface area (Å²) in [5.41, 5.74) is 4.43. The molecule has 2 aromatic rings. The van der Waals surface area contributed by atoms with E-state index in [1.54, 1.807) is 11.8 Å². The lowest BCUT2D eigenvalue weighted by Gasteiger charge is -2.18. The number of thioether (sulfide) groups is 1.